The summed E-state index contributed by atoms with van der Waals surface area (Å²) in [6.45, 7) is 0.750. The molecule has 0 spiro atoms. The van der Waals surface area contributed by atoms with E-state index in [1.165, 1.54) is 18.1 Å². The van der Waals surface area contributed by atoms with Gasteiger partial charge in [0.15, 0.2) is 5.69 Å². The van der Waals surface area contributed by atoms with Crippen molar-refractivity contribution in [2.24, 2.45) is 0 Å². The van der Waals surface area contributed by atoms with E-state index in [1.54, 1.807) is 43.4 Å². The van der Waals surface area contributed by atoms with E-state index in [2.05, 4.69) is 15.0 Å². The number of methoxy groups -OCH3 is 1. The molecule has 2 heterocycles. The minimum absolute atomic E-state index is 0.00987. The minimum Gasteiger partial charge on any atom is -0.383 e. The highest BCUT2D eigenvalue weighted by Crippen LogP contribution is 2.35. The molecule has 31 heavy (non-hydrogen) atoms. The van der Waals surface area contributed by atoms with Gasteiger partial charge in [0.1, 0.15) is 5.69 Å². The highest BCUT2D eigenvalue weighted by molar-refractivity contribution is 6.03. The van der Waals surface area contributed by atoms with Crippen LogP contribution in [-0.4, -0.2) is 58.0 Å². The molecule has 0 saturated heterocycles. The molecule has 10 nitrogen and oxygen atoms in total. The summed E-state index contributed by atoms with van der Waals surface area (Å²) >= 11 is 0. The Hall–Kier alpha value is -4.05. The predicted octanol–water partition coefficient (Wildman–Crippen LogP) is 2.70. The van der Waals surface area contributed by atoms with E-state index >= 15 is 0 Å². The number of H-pyrrole nitrogens is 2. The second-order valence-corrected chi connectivity index (χ2v) is 7.02. The molecule has 0 bridgehead atoms. The van der Waals surface area contributed by atoms with Crippen LogP contribution in [0.5, 0.6) is 0 Å². The van der Waals surface area contributed by atoms with Gasteiger partial charge in [-0.05, 0) is 30.3 Å². The summed E-state index contributed by atoms with van der Waals surface area (Å²) in [6.07, 6.45) is 0. The van der Waals surface area contributed by atoms with E-state index in [-0.39, 0.29) is 28.4 Å². The summed E-state index contributed by atoms with van der Waals surface area (Å²) in [4.78, 5) is 48.1. The first kappa shape index (κ1) is 20.2. The van der Waals surface area contributed by atoms with Crippen LogP contribution >= 0.6 is 0 Å². The zero-order chi connectivity index (χ0) is 22.1. The van der Waals surface area contributed by atoms with Crippen LogP contribution in [-0.2, 0) is 4.74 Å². The number of para-hydroxylation sites is 2. The molecule has 0 radical (unpaired) electrons. The number of nitro groups is 1. The van der Waals surface area contributed by atoms with E-state index in [0.29, 0.717) is 35.3 Å². The minimum atomic E-state index is -0.576. The van der Waals surface area contributed by atoms with Crippen molar-refractivity contribution < 1.29 is 14.5 Å². The molecule has 0 aliphatic heterocycles. The van der Waals surface area contributed by atoms with E-state index in [4.69, 9.17) is 4.74 Å². The number of nitrogens with zero attached hydrogens (tertiary/aromatic N) is 3. The molecule has 158 valence electrons. The van der Waals surface area contributed by atoms with Crippen LogP contribution in [0.4, 0.5) is 5.69 Å². The summed E-state index contributed by atoms with van der Waals surface area (Å²) in [5.74, 6) is -0.294. The quantitative estimate of drug-likeness (QED) is 0.363. The number of rotatable bonds is 6. The standard InChI is InChI=1S/C21H19N5O5/c1-25(9-10-31-2)21(28)12-7-8-14-13(11-12)19(26(29)30)17(22-14)18-20(27)24-16-6-4-3-5-15(16)23-18/h3-8,11,22H,9-10H2,1-2H3,(H,24,27). The largest absolute Gasteiger partial charge is 0.383 e. The lowest BCUT2D eigenvalue weighted by molar-refractivity contribution is -0.382. The number of amides is 1. The van der Waals surface area contributed by atoms with Crippen molar-refractivity contribution in [1.82, 2.24) is 19.9 Å². The van der Waals surface area contributed by atoms with Crippen LogP contribution in [0.15, 0.2) is 47.3 Å². The third-order valence-corrected chi connectivity index (χ3v) is 5.01. The molecule has 2 N–H and O–H groups in total. The van der Waals surface area contributed by atoms with Gasteiger partial charge in [-0.2, -0.15) is 0 Å². The number of carbonyl (C=O) groups is 1. The Morgan fingerprint density at radius 2 is 1.97 bits per heavy atom. The highest BCUT2D eigenvalue weighted by Gasteiger charge is 2.27. The zero-order valence-electron chi connectivity index (χ0n) is 16.8. The van der Waals surface area contributed by atoms with Crippen molar-refractivity contribution in [3.8, 4) is 11.4 Å². The number of likely N-dealkylation sites (N-methyl/N-ethyl adjacent to an activating group) is 1. The number of hydrogen-bond acceptors (Lipinski definition) is 6. The summed E-state index contributed by atoms with van der Waals surface area (Å²) in [5, 5.41) is 12.2. The second-order valence-electron chi connectivity index (χ2n) is 7.02. The topological polar surface area (TPSA) is 134 Å². The number of aromatic amines is 2. The average Bonchev–Trinajstić information content (AvgIpc) is 3.15. The number of carbonyl (C=O) groups excluding carboxylic acids is 1. The van der Waals surface area contributed by atoms with Gasteiger partial charge in [0.05, 0.1) is 33.5 Å². The number of benzene rings is 2. The number of nitrogens with one attached hydrogen (secondary N) is 2. The summed E-state index contributed by atoms with van der Waals surface area (Å²) < 4.78 is 4.99. The lowest BCUT2D eigenvalue weighted by Gasteiger charge is -2.16. The van der Waals surface area contributed by atoms with Crippen LogP contribution in [0.1, 0.15) is 10.4 Å². The maximum Gasteiger partial charge on any atom is 0.304 e. The molecular formula is C21H19N5O5. The second kappa shape index (κ2) is 8.00. The lowest BCUT2D eigenvalue weighted by Crippen LogP contribution is -2.29. The van der Waals surface area contributed by atoms with E-state index < -0.39 is 10.5 Å². The van der Waals surface area contributed by atoms with Gasteiger partial charge in [-0.1, -0.05) is 12.1 Å². The molecule has 0 atom stereocenters. The number of ether oxygens (including phenoxy) is 1. The van der Waals surface area contributed by atoms with Gasteiger partial charge in [0.25, 0.3) is 11.5 Å². The third-order valence-electron chi connectivity index (χ3n) is 5.01. The van der Waals surface area contributed by atoms with Crippen LogP contribution < -0.4 is 5.56 Å². The Morgan fingerprint density at radius 3 is 2.71 bits per heavy atom. The fourth-order valence-corrected chi connectivity index (χ4v) is 3.42. The number of hydrogen-bond donors (Lipinski definition) is 2. The van der Waals surface area contributed by atoms with Gasteiger partial charge < -0.3 is 19.6 Å². The normalized spacial score (nSPS) is 11.2. The number of aromatic nitrogens is 3. The molecule has 10 heteroatoms. The van der Waals surface area contributed by atoms with Crippen molar-refractivity contribution in [1.29, 1.82) is 0 Å². The Kier molecular flexibility index (Phi) is 5.22. The molecule has 0 fully saturated rings. The fraction of sp³-hybridized carbons (Fsp3) is 0.190. The van der Waals surface area contributed by atoms with Gasteiger partial charge >= 0.3 is 5.69 Å². The van der Waals surface area contributed by atoms with E-state index in [9.17, 15) is 19.7 Å². The maximum atomic E-state index is 12.7. The first-order valence-electron chi connectivity index (χ1n) is 9.44. The molecular weight excluding hydrogens is 402 g/mol. The van der Waals surface area contributed by atoms with Crippen LogP contribution in [0.2, 0.25) is 0 Å². The van der Waals surface area contributed by atoms with Gasteiger partial charge in [-0.15, -0.1) is 0 Å². The van der Waals surface area contributed by atoms with Crippen molar-refractivity contribution in [3.05, 3.63) is 68.5 Å². The van der Waals surface area contributed by atoms with E-state index in [1.807, 2.05) is 0 Å². The summed E-state index contributed by atoms with van der Waals surface area (Å²) in [6, 6.07) is 11.5. The Morgan fingerprint density at radius 1 is 1.19 bits per heavy atom. The van der Waals surface area contributed by atoms with Crippen molar-refractivity contribution in [3.63, 3.8) is 0 Å². The fourth-order valence-electron chi connectivity index (χ4n) is 3.42. The molecule has 0 saturated carbocycles. The van der Waals surface area contributed by atoms with Gasteiger partial charge in [0, 0.05) is 26.3 Å². The number of fused-ring (bicyclic) bond motifs is 2. The molecule has 4 aromatic rings. The molecule has 0 aliphatic rings. The van der Waals surface area contributed by atoms with Gasteiger partial charge in [0.2, 0.25) is 0 Å². The summed E-state index contributed by atoms with van der Waals surface area (Å²) in [7, 11) is 3.17. The SMILES string of the molecule is COCCN(C)C(=O)c1ccc2[nH]c(-c3nc4ccccc4[nH]c3=O)c([N+](=O)[O-])c2c1. The average molecular weight is 421 g/mol. The molecule has 0 unspecified atom stereocenters. The van der Waals surface area contributed by atoms with Crippen LogP contribution in [0.25, 0.3) is 33.3 Å². The first-order valence-corrected chi connectivity index (χ1v) is 9.44. The summed E-state index contributed by atoms with van der Waals surface area (Å²) in [5.41, 5.74) is 0.785. The van der Waals surface area contributed by atoms with E-state index in [0.717, 1.165) is 0 Å². The van der Waals surface area contributed by atoms with Crippen molar-refractivity contribution in [2.45, 2.75) is 0 Å². The zero-order valence-corrected chi connectivity index (χ0v) is 16.8. The van der Waals surface area contributed by atoms with Crippen molar-refractivity contribution in [2.75, 3.05) is 27.3 Å². The molecule has 2 aromatic carbocycles. The smallest absolute Gasteiger partial charge is 0.304 e. The Labute approximate surface area is 175 Å². The predicted molar refractivity (Wildman–Crippen MR) is 115 cm³/mol. The Bertz CT molecular complexity index is 1370. The molecule has 4 rings (SSSR count). The van der Waals surface area contributed by atoms with Gasteiger partial charge in [-0.25, -0.2) is 4.98 Å². The highest BCUT2D eigenvalue weighted by atomic mass is 16.6. The Balaban J connectivity index is 1.87. The van der Waals surface area contributed by atoms with Crippen LogP contribution in [0, 0.1) is 10.1 Å². The van der Waals surface area contributed by atoms with Crippen molar-refractivity contribution >= 4 is 33.5 Å². The maximum absolute atomic E-state index is 12.7. The first-order chi connectivity index (χ1) is 14.9. The molecule has 1 amide bonds. The van der Waals surface area contributed by atoms with Gasteiger partial charge in [-0.3, -0.25) is 19.7 Å². The third kappa shape index (κ3) is 3.64. The molecule has 0 aliphatic carbocycles. The monoisotopic (exact) mass is 421 g/mol. The lowest BCUT2D eigenvalue weighted by atomic mass is 10.1. The van der Waals surface area contributed by atoms with Crippen LogP contribution in [0.3, 0.4) is 0 Å². The molecule has 2 aromatic heterocycles.